The Hall–Kier alpha value is -0.720. The van der Waals surface area contributed by atoms with Crippen molar-refractivity contribution >= 4 is 50.0 Å². The van der Waals surface area contributed by atoms with Crippen LogP contribution in [0.1, 0.15) is 5.56 Å². The van der Waals surface area contributed by atoms with E-state index in [2.05, 4.69) is 37.8 Å². The van der Waals surface area contributed by atoms with Gasteiger partial charge in [-0.25, -0.2) is 0 Å². The van der Waals surface area contributed by atoms with E-state index in [0.29, 0.717) is 5.82 Å². The third-order valence-electron chi connectivity index (χ3n) is 2.24. The lowest BCUT2D eigenvalue weighted by Crippen LogP contribution is -1.98. The van der Waals surface area contributed by atoms with Crippen LogP contribution in [0.5, 0.6) is 0 Å². The zero-order chi connectivity index (χ0) is 12.3. The highest BCUT2D eigenvalue weighted by Crippen LogP contribution is 2.34. The van der Waals surface area contributed by atoms with Gasteiger partial charge in [-0.15, -0.1) is 11.8 Å². The summed E-state index contributed by atoms with van der Waals surface area (Å²) in [6.45, 7) is 0.780. The van der Waals surface area contributed by atoms with Crippen molar-refractivity contribution in [2.75, 3.05) is 17.3 Å². The summed E-state index contributed by atoms with van der Waals surface area (Å²) in [5.74, 6) is 0.612. The van der Waals surface area contributed by atoms with E-state index >= 15 is 0 Å². The van der Waals surface area contributed by atoms with E-state index in [1.165, 1.54) is 17.1 Å². The van der Waals surface area contributed by atoms with Gasteiger partial charge in [-0.05, 0) is 35.5 Å². The van der Waals surface area contributed by atoms with Gasteiger partial charge in [0.05, 0.1) is 4.90 Å². The lowest BCUT2D eigenvalue weighted by Gasteiger charge is -2.05. The zero-order valence-electron chi connectivity index (χ0n) is 9.24. The molecule has 0 spiro atoms. The zero-order valence-corrected chi connectivity index (χ0v) is 12.5. The first kappa shape index (κ1) is 12.7. The quantitative estimate of drug-likeness (QED) is 0.837. The Morgan fingerprint density at radius 3 is 2.76 bits per heavy atom. The summed E-state index contributed by atoms with van der Waals surface area (Å²) in [6, 6.07) is 8.24. The van der Waals surface area contributed by atoms with E-state index in [9.17, 15) is 0 Å². The summed E-state index contributed by atoms with van der Waals surface area (Å²) in [5, 5.41) is 4.40. The maximum atomic E-state index is 5.77. The summed E-state index contributed by atoms with van der Waals surface area (Å²) in [7, 11) is 0. The number of thioether (sulfide) groups is 1. The van der Waals surface area contributed by atoms with Gasteiger partial charge >= 0.3 is 0 Å². The Morgan fingerprint density at radius 1 is 1.41 bits per heavy atom. The number of halogens is 1. The summed E-state index contributed by atoms with van der Waals surface area (Å²) >= 11 is 6.45. The third kappa shape index (κ3) is 3.14. The number of hydrogen-bond donors (Lipinski definition) is 2. The molecule has 1 heterocycles. The van der Waals surface area contributed by atoms with Crippen molar-refractivity contribution in [1.82, 2.24) is 4.37 Å². The van der Waals surface area contributed by atoms with Gasteiger partial charge in [-0.3, -0.25) is 0 Å². The molecular weight excluding hydrogens is 318 g/mol. The van der Waals surface area contributed by atoms with Crippen LogP contribution < -0.4 is 11.1 Å². The first-order chi connectivity index (χ1) is 8.20. The molecule has 0 radical (unpaired) electrons. The molecule has 1 aromatic carbocycles. The highest BCUT2D eigenvalue weighted by atomic mass is 79.9. The van der Waals surface area contributed by atoms with Gasteiger partial charge in [0.25, 0.3) is 0 Å². The Balaban J connectivity index is 2.04. The second-order valence-corrected chi connectivity index (χ2v) is 5.92. The van der Waals surface area contributed by atoms with Crippen molar-refractivity contribution in [2.24, 2.45) is 0 Å². The number of nitrogens with zero attached hydrogens (tertiary/aromatic N) is 1. The molecule has 0 bridgehead atoms. The van der Waals surface area contributed by atoms with Crippen LogP contribution >= 0.6 is 39.2 Å². The van der Waals surface area contributed by atoms with Gasteiger partial charge in [-0.1, -0.05) is 28.1 Å². The van der Waals surface area contributed by atoms with E-state index in [4.69, 9.17) is 5.73 Å². The van der Waals surface area contributed by atoms with Crippen molar-refractivity contribution in [3.8, 4) is 0 Å². The number of nitrogen functional groups attached to an aromatic ring is 1. The van der Waals surface area contributed by atoms with Crippen molar-refractivity contribution in [3.63, 3.8) is 0 Å². The fraction of sp³-hybridized carbons (Fsp3) is 0.182. The molecule has 3 N–H and O–H groups in total. The van der Waals surface area contributed by atoms with Crippen LogP contribution in [0.2, 0.25) is 0 Å². The summed E-state index contributed by atoms with van der Waals surface area (Å²) in [4.78, 5) is 1.03. The van der Waals surface area contributed by atoms with E-state index in [-0.39, 0.29) is 0 Å². The minimum atomic E-state index is 0.612. The van der Waals surface area contributed by atoms with Crippen LogP contribution in [0.3, 0.4) is 0 Å². The maximum absolute atomic E-state index is 5.77. The molecule has 1 aromatic heterocycles. The van der Waals surface area contributed by atoms with Gasteiger partial charge < -0.3 is 11.1 Å². The standard InChI is InChI=1S/C11H12BrN3S2/c1-16-9-10(13)15-17-11(9)14-6-7-2-4-8(12)5-3-7/h2-5,14H,6H2,1H3,(H2,13,15). The molecule has 2 rings (SSSR count). The molecular formula is C11H12BrN3S2. The summed E-state index contributed by atoms with van der Waals surface area (Å²) in [6.07, 6.45) is 2.00. The summed E-state index contributed by atoms with van der Waals surface area (Å²) < 4.78 is 5.23. The molecule has 2 aromatic rings. The van der Waals surface area contributed by atoms with Gasteiger partial charge in [0.1, 0.15) is 5.00 Å². The number of rotatable bonds is 4. The van der Waals surface area contributed by atoms with Gasteiger partial charge in [0.15, 0.2) is 5.82 Å². The van der Waals surface area contributed by atoms with Gasteiger partial charge in [0.2, 0.25) is 0 Å². The first-order valence-electron chi connectivity index (χ1n) is 4.98. The van der Waals surface area contributed by atoms with Gasteiger partial charge in [0, 0.05) is 11.0 Å². The minimum absolute atomic E-state index is 0.612. The Morgan fingerprint density at radius 2 is 2.12 bits per heavy atom. The second kappa shape index (κ2) is 5.75. The fourth-order valence-corrected chi connectivity index (χ4v) is 3.19. The van der Waals surface area contributed by atoms with E-state index < -0.39 is 0 Å². The maximum Gasteiger partial charge on any atom is 0.153 e. The molecule has 6 heteroatoms. The highest BCUT2D eigenvalue weighted by molar-refractivity contribution is 9.10. The van der Waals surface area contributed by atoms with E-state index in [1.807, 2.05) is 18.4 Å². The van der Waals surface area contributed by atoms with Crippen LogP contribution in [0, 0.1) is 0 Å². The smallest absolute Gasteiger partial charge is 0.153 e. The van der Waals surface area contributed by atoms with Crippen molar-refractivity contribution in [2.45, 2.75) is 11.4 Å². The van der Waals surface area contributed by atoms with Crippen LogP contribution in [0.15, 0.2) is 33.6 Å². The molecule has 0 atom stereocenters. The SMILES string of the molecule is CSc1c(N)nsc1NCc1ccc(Br)cc1. The average molecular weight is 330 g/mol. The molecule has 0 saturated carbocycles. The molecule has 0 aliphatic heterocycles. The molecule has 0 aliphatic carbocycles. The molecule has 3 nitrogen and oxygen atoms in total. The van der Waals surface area contributed by atoms with Crippen molar-refractivity contribution in [1.29, 1.82) is 0 Å². The van der Waals surface area contributed by atoms with Crippen LogP contribution in [0.4, 0.5) is 10.8 Å². The van der Waals surface area contributed by atoms with Crippen LogP contribution in [-0.4, -0.2) is 10.6 Å². The first-order valence-corrected chi connectivity index (χ1v) is 7.77. The fourth-order valence-electron chi connectivity index (χ4n) is 1.39. The third-order valence-corrected chi connectivity index (χ3v) is 4.54. The molecule has 0 aliphatic rings. The topological polar surface area (TPSA) is 50.9 Å². The second-order valence-electron chi connectivity index (χ2n) is 3.41. The normalized spacial score (nSPS) is 10.5. The molecule has 0 fully saturated rings. The largest absolute Gasteiger partial charge is 0.382 e. The Bertz CT molecular complexity index is 496. The Kier molecular flexibility index (Phi) is 4.31. The highest BCUT2D eigenvalue weighted by Gasteiger charge is 2.09. The number of nitrogens with two attached hydrogens (primary N) is 1. The Labute approximate surface area is 117 Å². The average Bonchev–Trinajstić information content (AvgIpc) is 2.69. The number of aromatic nitrogens is 1. The van der Waals surface area contributed by atoms with Crippen LogP contribution in [-0.2, 0) is 6.54 Å². The molecule has 0 unspecified atom stereocenters. The number of anilines is 2. The molecule has 0 saturated heterocycles. The molecule has 90 valence electrons. The number of benzene rings is 1. The lowest BCUT2D eigenvalue weighted by atomic mass is 10.2. The monoisotopic (exact) mass is 329 g/mol. The lowest BCUT2D eigenvalue weighted by molar-refractivity contribution is 1.15. The van der Waals surface area contributed by atoms with Crippen molar-refractivity contribution < 1.29 is 0 Å². The van der Waals surface area contributed by atoms with Gasteiger partial charge in [-0.2, -0.15) is 4.37 Å². The number of nitrogens with one attached hydrogen (secondary N) is 1. The molecule has 0 amide bonds. The minimum Gasteiger partial charge on any atom is -0.382 e. The predicted octanol–water partition coefficient (Wildman–Crippen LogP) is 3.82. The van der Waals surface area contributed by atoms with E-state index in [0.717, 1.165) is 20.9 Å². The van der Waals surface area contributed by atoms with Crippen molar-refractivity contribution in [3.05, 3.63) is 34.3 Å². The molecule has 17 heavy (non-hydrogen) atoms. The number of hydrogen-bond acceptors (Lipinski definition) is 5. The predicted molar refractivity (Wildman–Crippen MR) is 79.8 cm³/mol. The van der Waals surface area contributed by atoms with E-state index in [1.54, 1.807) is 11.8 Å². The van der Waals surface area contributed by atoms with Crippen LogP contribution in [0.25, 0.3) is 0 Å². The summed E-state index contributed by atoms with van der Waals surface area (Å²) in [5.41, 5.74) is 7.00.